The molecule has 3 heterocycles. The maximum absolute atomic E-state index is 12.9. The molecule has 2 aliphatic rings. The molecule has 0 atom stereocenters. The van der Waals surface area contributed by atoms with E-state index < -0.39 is 0 Å². The van der Waals surface area contributed by atoms with Crippen LogP contribution in [0, 0.1) is 0 Å². The Hall–Kier alpha value is -2.64. The third-order valence-corrected chi connectivity index (χ3v) is 4.78. The number of carbonyl (C=O) groups excluding carboxylic acids is 1. The molecule has 2 N–H and O–H groups in total. The first-order valence-corrected chi connectivity index (χ1v) is 8.19. The van der Waals surface area contributed by atoms with E-state index in [1.165, 1.54) is 0 Å². The largest absolute Gasteiger partial charge is 0.348 e. The summed E-state index contributed by atoms with van der Waals surface area (Å²) in [5, 5.41) is 7.20. The molecule has 8 nitrogen and oxygen atoms in total. The van der Waals surface area contributed by atoms with Gasteiger partial charge in [-0.1, -0.05) is 0 Å². The van der Waals surface area contributed by atoms with Gasteiger partial charge in [-0.15, -0.1) is 0 Å². The number of hydrogen-bond acceptors (Lipinski definition) is 5. The third kappa shape index (κ3) is 2.29. The fourth-order valence-electron chi connectivity index (χ4n) is 3.46. The van der Waals surface area contributed by atoms with Crippen LogP contribution < -0.4 is 10.5 Å². The lowest BCUT2D eigenvalue weighted by molar-refractivity contribution is 0.0724. The Labute approximate surface area is 138 Å². The van der Waals surface area contributed by atoms with Crippen molar-refractivity contribution in [1.29, 1.82) is 0 Å². The summed E-state index contributed by atoms with van der Waals surface area (Å²) in [6.45, 7) is 0.861. The minimum Gasteiger partial charge on any atom is -0.348 e. The maximum Gasteiger partial charge on any atom is 0.275 e. The van der Waals surface area contributed by atoms with Crippen molar-refractivity contribution in [3.63, 3.8) is 0 Å². The summed E-state index contributed by atoms with van der Waals surface area (Å²) in [7, 11) is 3.65. The summed E-state index contributed by atoms with van der Waals surface area (Å²) in [5.74, 6) is 0.433. The Morgan fingerprint density at radius 1 is 1.21 bits per heavy atom. The van der Waals surface area contributed by atoms with E-state index in [4.69, 9.17) is 0 Å². The lowest BCUT2D eigenvalue weighted by atomic mass is 10.1. The summed E-state index contributed by atoms with van der Waals surface area (Å²) >= 11 is 0. The Bertz CT molecular complexity index is 866. The molecule has 1 amide bonds. The van der Waals surface area contributed by atoms with Crippen molar-refractivity contribution in [1.82, 2.24) is 25.1 Å². The van der Waals surface area contributed by atoms with Crippen LogP contribution in [0.25, 0.3) is 0 Å². The average molecular weight is 328 g/mol. The highest BCUT2D eigenvalue weighted by Crippen LogP contribution is 2.25. The van der Waals surface area contributed by atoms with Crippen molar-refractivity contribution in [2.75, 3.05) is 25.5 Å². The smallest absolute Gasteiger partial charge is 0.275 e. The quantitative estimate of drug-likeness (QED) is 0.823. The van der Waals surface area contributed by atoms with Crippen LogP contribution in [0.15, 0.2) is 4.79 Å². The van der Waals surface area contributed by atoms with Crippen LogP contribution in [0.5, 0.6) is 0 Å². The van der Waals surface area contributed by atoms with Crippen molar-refractivity contribution < 1.29 is 4.79 Å². The Balaban J connectivity index is 1.64. The molecule has 0 radical (unpaired) electrons. The van der Waals surface area contributed by atoms with E-state index >= 15 is 0 Å². The summed E-state index contributed by atoms with van der Waals surface area (Å²) < 4.78 is 0. The highest BCUT2D eigenvalue weighted by molar-refractivity contribution is 5.94. The summed E-state index contributed by atoms with van der Waals surface area (Å²) in [5.41, 5.74) is 3.91. The zero-order valence-electron chi connectivity index (χ0n) is 13.8. The van der Waals surface area contributed by atoms with Crippen molar-refractivity contribution in [3.8, 4) is 0 Å². The van der Waals surface area contributed by atoms with Gasteiger partial charge in [-0.2, -0.15) is 5.10 Å². The molecule has 2 aromatic heterocycles. The number of aryl methyl sites for hydroxylation is 1. The SMILES string of the molecule is CN(C)c1nc2c(c(=O)[nH]1)CCN(C(=O)c1n[nH]c3c1CCC3)C2. The van der Waals surface area contributed by atoms with Crippen molar-refractivity contribution in [2.24, 2.45) is 0 Å². The molecule has 0 bridgehead atoms. The molecule has 0 spiro atoms. The first-order valence-electron chi connectivity index (χ1n) is 8.19. The molecule has 0 aromatic carbocycles. The minimum atomic E-state index is -0.114. The predicted molar refractivity (Wildman–Crippen MR) is 88.2 cm³/mol. The van der Waals surface area contributed by atoms with Gasteiger partial charge in [0.25, 0.3) is 11.5 Å². The molecule has 0 unspecified atom stereocenters. The number of H-pyrrole nitrogens is 2. The third-order valence-electron chi connectivity index (χ3n) is 4.78. The van der Waals surface area contributed by atoms with E-state index in [0.717, 1.165) is 30.5 Å². The van der Waals surface area contributed by atoms with Crippen LogP contribution in [-0.2, 0) is 25.8 Å². The lowest BCUT2D eigenvalue weighted by Crippen LogP contribution is -2.40. The first kappa shape index (κ1) is 14.9. The van der Waals surface area contributed by atoms with Gasteiger partial charge >= 0.3 is 0 Å². The standard InChI is InChI=1S/C16H20N6O2/c1-21(2)16-17-12-8-22(7-6-10(12)14(23)18-16)15(24)13-9-4-3-5-11(9)19-20-13/h3-8H2,1-2H3,(H,19,20)(H,17,18,23). The molecule has 24 heavy (non-hydrogen) atoms. The fraction of sp³-hybridized carbons (Fsp3) is 0.500. The lowest BCUT2D eigenvalue weighted by Gasteiger charge is -2.28. The summed E-state index contributed by atoms with van der Waals surface area (Å²) in [4.78, 5) is 35.8. The number of nitrogens with one attached hydrogen (secondary N) is 2. The number of rotatable bonds is 2. The molecule has 2 aromatic rings. The van der Waals surface area contributed by atoms with Crippen LogP contribution in [0.1, 0.15) is 39.4 Å². The fourth-order valence-corrected chi connectivity index (χ4v) is 3.46. The normalized spacial score (nSPS) is 16.0. The molecule has 126 valence electrons. The van der Waals surface area contributed by atoms with Gasteiger partial charge in [0.15, 0.2) is 5.69 Å². The molecule has 4 rings (SSSR count). The highest BCUT2D eigenvalue weighted by atomic mass is 16.2. The molecule has 1 aliphatic carbocycles. The van der Waals surface area contributed by atoms with Gasteiger partial charge in [0.05, 0.1) is 12.2 Å². The second-order valence-electron chi connectivity index (χ2n) is 6.57. The van der Waals surface area contributed by atoms with Crippen LogP contribution in [0.3, 0.4) is 0 Å². The van der Waals surface area contributed by atoms with Crippen LogP contribution in [0.4, 0.5) is 5.95 Å². The van der Waals surface area contributed by atoms with Gasteiger partial charge in [-0.25, -0.2) is 4.98 Å². The molecule has 1 aliphatic heterocycles. The number of nitrogens with zero attached hydrogens (tertiary/aromatic N) is 4. The molecule has 0 saturated carbocycles. The van der Waals surface area contributed by atoms with E-state index in [1.54, 1.807) is 9.80 Å². The zero-order chi connectivity index (χ0) is 16.8. The number of anilines is 1. The van der Waals surface area contributed by atoms with E-state index in [9.17, 15) is 9.59 Å². The summed E-state index contributed by atoms with van der Waals surface area (Å²) in [6, 6.07) is 0. The number of carbonyl (C=O) groups is 1. The minimum absolute atomic E-state index is 0.0754. The van der Waals surface area contributed by atoms with Gasteiger partial charge in [0, 0.05) is 37.5 Å². The van der Waals surface area contributed by atoms with Crippen molar-refractivity contribution >= 4 is 11.9 Å². The van der Waals surface area contributed by atoms with Crippen LogP contribution in [-0.4, -0.2) is 51.6 Å². The second-order valence-corrected chi connectivity index (χ2v) is 6.57. The van der Waals surface area contributed by atoms with Crippen molar-refractivity contribution in [3.05, 3.63) is 38.6 Å². The Morgan fingerprint density at radius 3 is 2.83 bits per heavy atom. The van der Waals surface area contributed by atoms with Gasteiger partial charge in [-0.05, 0) is 25.7 Å². The van der Waals surface area contributed by atoms with Crippen molar-refractivity contribution in [2.45, 2.75) is 32.2 Å². The molecule has 0 saturated heterocycles. The number of hydrogen-bond donors (Lipinski definition) is 2. The Kier molecular flexibility index (Phi) is 3.40. The van der Waals surface area contributed by atoms with E-state index in [2.05, 4.69) is 20.2 Å². The maximum atomic E-state index is 12.9. The number of fused-ring (bicyclic) bond motifs is 2. The van der Waals surface area contributed by atoms with Crippen LogP contribution in [0.2, 0.25) is 0 Å². The average Bonchev–Trinajstić information content (AvgIpc) is 3.16. The Morgan fingerprint density at radius 2 is 2.04 bits per heavy atom. The molecular formula is C16H20N6O2. The van der Waals surface area contributed by atoms with E-state index in [0.29, 0.717) is 42.4 Å². The highest BCUT2D eigenvalue weighted by Gasteiger charge is 2.30. The molecular weight excluding hydrogens is 308 g/mol. The van der Waals surface area contributed by atoms with Crippen LogP contribution >= 0.6 is 0 Å². The summed E-state index contributed by atoms with van der Waals surface area (Å²) in [6.07, 6.45) is 3.45. The monoisotopic (exact) mass is 328 g/mol. The number of aromatic nitrogens is 4. The van der Waals surface area contributed by atoms with E-state index in [-0.39, 0.29) is 11.5 Å². The van der Waals surface area contributed by atoms with Gasteiger partial charge in [-0.3, -0.25) is 19.7 Å². The van der Waals surface area contributed by atoms with Gasteiger partial charge < -0.3 is 9.80 Å². The number of amides is 1. The van der Waals surface area contributed by atoms with Gasteiger partial charge in [0.1, 0.15) is 0 Å². The second kappa shape index (κ2) is 5.47. The van der Waals surface area contributed by atoms with E-state index in [1.807, 2.05) is 14.1 Å². The van der Waals surface area contributed by atoms with Gasteiger partial charge in [0.2, 0.25) is 5.95 Å². The predicted octanol–water partition coefficient (Wildman–Crippen LogP) is 0.246. The zero-order valence-corrected chi connectivity index (χ0v) is 13.8. The first-order chi connectivity index (χ1) is 11.5. The molecule has 0 fully saturated rings. The number of aromatic amines is 2. The molecule has 8 heteroatoms. The topological polar surface area (TPSA) is 98.0 Å².